The molecule has 174 valence electrons. The second kappa shape index (κ2) is 8.93. The van der Waals surface area contributed by atoms with E-state index in [4.69, 9.17) is 11.6 Å². The van der Waals surface area contributed by atoms with Crippen LogP contribution in [0.3, 0.4) is 0 Å². The molecule has 0 saturated heterocycles. The maximum Gasteiger partial charge on any atom is 0.272 e. The number of amides is 3. The lowest BCUT2D eigenvalue weighted by molar-refractivity contribution is -0.125. The van der Waals surface area contributed by atoms with Gasteiger partial charge in [-0.15, -0.1) is 0 Å². The van der Waals surface area contributed by atoms with Crippen molar-refractivity contribution in [3.8, 4) is 0 Å². The molecule has 9 nitrogen and oxygen atoms in total. The number of imidazole rings is 1. The largest absolute Gasteiger partial charge is 0.351 e. The minimum atomic E-state index is -0.780. The van der Waals surface area contributed by atoms with Crippen molar-refractivity contribution in [1.82, 2.24) is 20.6 Å². The lowest BCUT2D eigenvalue weighted by Gasteiger charge is -2.36. The van der Waals surface area contributed by atoms with Crippen LogP contribution in [-0.4, -0.2) is 46.0 Å². The Labute approximate surface area is 194 Å². The van der Waals surface area contributed by atoms with Crippen LogP contribution in [0.25, 0.3) is 0 Å². The zero-order valence-electron chi connectivity index (χ0n) is 18.2. The highest BCUT2D eigenvalue weighted by Crippen LogP contribution is 2.45. The number of aromatic amines is 1. The van der Waals surface area contributed by atoms with Gasteiger partial charge in [-0.2, -0.15) is 10.1 Å². The van der Waals surface area contributed by atoms with Crippen molar-refractivity contribution in [2.75, 3.05) is 11.6 Å². The summed E-state index contributed by atoms with van der Waals surface area (Å²) in [5.74, 6) is -1.54. The predicted octanol–water partition coefficient (Wildman–Crippen LogP) is 3.03. The Hall–Kier alpha value is -3.27. The summed E-state index contributed by atoms with van der Waals surface area (Å²) in [4.78, 5) is 44.9. The molecule has 1 aromatic heterocycles. The van der Waals surface area contributed by atoms with Crippen LogP contribution in [0.1, 0.15) is 60.5 Å². The molecule has 3 amide bonds. The lowest BCUT2D eigenvalue weighted by Crippen LogP contribution is -2.47. The van der Waals surface area contributed by atoms with E-state index >= 15 is 0 Å². The van der Waals surface area contributed by atoms with E-state index in [0.717, 1.165) is 6.07 Å². The van der Waals surface area contributed by atoms with Gasteiger partial charge in [-0.25, -0.2) is 9.37 Å². The van der Waals surface area contributed by atoms with Crippen molar-refractivity contribution in [1.29, 1.82) is 0 Å². The molecule has 1 aromatic carbocycles. The van der Waals surface area contributed by atoms with Gasteiger partial charge in [0.15, 0.2) is 5.69 Å². The molecule has 11 heteroatoms. The first-order chi connectivity index (χ1) is 15.8. The number of hydrazone groups is 1. The first-order valence-corrected chi connectivity index (χ1v) is 11.1. The van der Waals surface area contributed by atoms with Crippen LogP contribution in [0.2, 0.25) is 5.02 Å². The number of benzene rings is 1. The summed E-state index contributed by atoms with van der Waals surface area (Å²) < 4.78 is 13.4. The number of aromatic nitrogens is 2. The maximum atomic E-state index is 13.4. The highest BCUT2D eigenvalue weighted by atomic mass is 35.5. The average Bonchev–Trinajstić information content (AvgIpc) is 3.36. The Balaban J connectivity index is 1.43. The number of anilines is 1. The number of hydrogen-bond acceptors (Lipinski definition) is 5. The maximum absolute atomic E-state index is 13.4. The molecular formula is C22H24ClFN6O3. The third-order valence-electron chi connectivity index (χ3n) is 6.28. The van der Waals surface area contributed by atoms with Crippen LogP contribution in [-0.2, 0) is 4.79 Å². The predicted molar refractivity (Wildman–Crippen MR) is 121 cm³/mol. The molecular weight excluding hydrogens is 451 g/mol. The number of carbonyl (C=O) groups is 3. The van der Waals surface area contributed by atoms with Crippen molar-refractivity contribution >= 4 is 40.7 Å². The van der Waals surface area contributed by atoms with Crippen LogP contribution in [0, 0.1) is 11.2 Å². The molecule has 3 N–H and O–H groups in total. The summed E-state index contributed by atoms with van der Waals surface area (Å²) in [7, 11) is 0. The van der Waals surface area contributed by atoms with Crippen molar-refractivity contribution in [3.05, 3.63) is 46.8 Å². The monoisotopic (exact) mass is 474 g/mol. The van der Waals surface area contributed by atoms with Gasteiger partial charge in [-0.3, -0.25) is 14.4 Å². The molecule has 1 aliphatic carbocycles. The van der Waals surface area contributed by atoms with E-state index in [1.54, 1.807) is 13.8 Å². The van der Waals surface area contributed by atoms with Crippen molar-refractivity contribution in [2.24, 2.45) is 10.5 Å². The van der Waals surface area contributed by atoms with Crippen LogP contribution in [0.5, 0.6) is 0 Å². The van der Waals surface area contributed by atoms with Gasteiger partial charge in [0.2, 0.25) is 0 Å². The Morgan fingerprint density at radius 3 is 2.70 bits per heavy atom. The molecule has 1 saturated carbocycles. The Kier molecular flexibility index (Phi) is 6.20. The Morgan fingerprint density at radius 2 is 2.03 bits per heavy atom. The lowest BCUT2D eigenvalue weighted by atomic mass is 9.69. The van der Waals surface area contributed by atoms with Crippen molar-refractivity contribution < 1.29 is 18.8 Å². The molecule has 33 heavy (non-hydrogen) atoms. The zero-order valence-corrected chi connectivity index (χ0v) is 19.0. The van der Waals surface area contributed by atoms with Crippen LogP contribution < -0.4 is 15.6 Å². The van der Waals surface area contributed by atoms with Gasteiger partial charge < -0.3 is 15.6 Å². The van der Waals surface area contributed by atoms with Crippen LogP contribution >= 0.6 is 11.6 Å². The standard InChI is InChI=1S/C22H24ClFN6O3/c1-3-25-19(31)17-18(27-11-26-17)20(32)28-14-6-8-22(9-7-14)12(2)29-30(21(22)33)16-5-4-13(24)10-15(16)23/h4-5,10-11,14H,3,6-9H2,1-2H3,(H,25,31)(H,26,27)(H,28,32). The highest BCUT2D eigenvalue weighted by molar-refractivity contribution is 6.34. The molecule has 0 unspecified atom stereocenters. The van der Waals surface area contributed by atoms with E-state index in [1.807, 2.05) is 0 Å². The van der Waals surface area contributed by atoms with Gasteiger partial charge in [-0.05, 0) is 57.7 Å². The van der Waals surface area contributed by atoms with Crippen molar-refractivity contribution in [3.63, 3.8) is 0 Å². The number of rotatable bonds is 5. The highest BCUT2D eigenvalue weighted by Gasteiger charge is 2.51. The molecule has 2 heterocycles. The van der Waals surface area contributed by atoms with Gasteiger partial charge in [0.1, 0.15) is 11.5 Å². The third-order valence-corrected chi connectivity index (χ3v) is 6.58. The third kappa shape index (κ3) is 4.10. The van der Waals surface area contributed by atoms with E-state index in [-0.39, 0.29) is 28.4 Å². The van der Waals surface area contributed by atoms with E-state index in [2.05, 4.69) is 25.7 Å². The smallest absolute Gasteiger partial charge is 0.272 e. The molecule has 2 aromatic rings. The summed E-state index contributed by atoms with van der Waals surface area (Å²) >= 11 is 6.15. The Bertz CT molecular complexity index is 1140. The summed E-state index contributed by atoms with van der Waals surface area (Å²) in [6.07, 6.45) is 3.39. The SMILES string of the molecule is CCNC(=O)c1[nH]cnc1C(=O)NC1CCC2(CC1)C(=O)N(c1ccc(F)cc1Cl)N=C2C. The minimum Gasteiger partial charge on any atom is -0.351 e. The van der Waals surface area contributed by atoms with E-state index in [1.165, 1.54) is 23.5 Å². The quantitative estimate of drug-likeness (QED) is 0.617. The molecule has 4 rings (SSSR count). The van der Waals surface area contributed by atoms with Gasteiger partial charge >= 0.3 is 0 Å². The number of H-pyrrole nitrogens is 1. The first kappa shape index (κ1) is 22.9. The Morgan fingerprint density at radius 1 is 1.30 bits per heavy atom. The number of nitrogens with zero attached hydrogens (tertiary/aromatic N) is 3. The fourth-order valence-electron chi connectivity index (χ4n) is 4.44. The normalized spacial score (nSPS) is 22.4. The summed E-state index contributed by atoms with van der Waals surface area (Å²) in [5, 5.41) is 11.4. The van der Waals surface area contributed by atoms with E-state index in [0.29, 0.717) is 43.6 Å². The summed E-state index contributed by atoms with van der Waals surface area (Å²) in [6.45, 7) is 4.02. The van der Waals surface area contributed by atoms with Gasteiger partial charge in [0.25, 0.3) is 17.7 Å². The molecule has 1 spiro atoms. The molecule has 1 aliphatic heterocycles. The van der Waals surface area contributed by atoms with Gasteiger partial charge in [0.05, 0.1) is 28.2 Å². The number of carbonyl (C=O) groups excluding carboxylic acids is 3. The summed E-state index contributed by atoms with van der Waals surface area (Å²) in [5.41, 5.74) is 0.377. The topological polar surface area (TPSA) is 120 Å². The minimum absolute atomic E-state index is 0.0352. The molecule has 0 radical (unpaired) electrons. The number of nitrogens with one attached hydrogen (secondary N) is 3. The fourth-order valence-corrected chi connectivity index (χ4v) is 4.69. The molecule has 2 aliphatic rings. The first-order valence-electron chi connectivity index (χ1n) is 10.7. The van der Waals surface area contributed by atoms with Crippen LogP contribution in [0.15, 0.2) is 29.6 Å². The van der Waals surface area contributed by atoms with Gasteiger partial charge in [0, 0.05) is 12.6 Å². The molecule has 0 atom stereocenters. The molecule has 1 fully saturated rings. The van der Waals surface area contributed by atoms with E-state index < -0.39 is 23.0 Å². The van der Waals surface area contributed by atoms with E-state index in [9.17, 15) is 18.8 Å². The second-order valence-corrected chi connectivity index (χ2v) is 8.62. The zero-order chi connectivity index (χ0) is 23.8. The average molecular weight is 475 g/mol. The van der Waals surface area contributed by atoms with Crippen LogP contribution in [0.4, 0.5) is 10.1 Å². The summed E-state index contributed by atoms with van der Waals surface area (Å²) in [6, 6.07) is 3.65. The molecule has 0 bridgehead atoms. The fraction of sp³-hybridized carbons (Fsp3) is 0.409. The van der Waals surface area contributed by atoms with Crippen molar-refractivity contribution in [2.45, 2.75) is 45.6 Å². The second-order valence-electron chi connectivity index (χ2n) is 8.21. The van der Waals surface area contributed by atoms with Gasteiger partial charge in [-0.1, -0.05) is 11.6 Å². The number of hydrogen-bond donors (Lipinski definition) is 3. The number of halogens is 2.